The number of fused-ring (bicyclic) bond motifs is 1. The fraction of sp³-hybridized carbons (Fsp3) is 0.357. The van der Waals surface area contributed by atoms with Gasteiger partial charge in [-0.05, 0) is 23.3 Å². The largest absolute Gasteiger partial charge is 0.379 e. The Kier molecular flexibility index (Phi) is 8.80. The molecular formula is C28H33ClN8O2. The second-order valence-electron chi connectivity index (χ2n) is 9.79. The van der Waals surface area contributed by atoms with Crippen LogP contribution in [0.3, 0.4) is 0 Å². The molecule has 0 spiro atoms. The molecule has 2 aliphatic rings. The standard InChI is InChI=1S/C28H32N8O2.ClH/c37-28-25-24(17-30-34-28)32-26(22-5-1-20(2-6-22)19-36-13-15-38-16-14-36)33-27(25)31-23-7-3-21(4-8-23)18-35-11-9-29-10-12-35;/h1-8,17,29H,9-16,18-19H2,(H,34,37)(H,31,32,33);1H. The fourth-order valence-corrected chi connectivity index (χ4v) is 4.96. The third kappa shape index (κ3) is 6.60. The topological polar surface area (TPSA) is 111 Å². The van der Waals surface area contributed by atoms with E-state index in [1.165, 1.54) is 11.1 Å². The lowest BCUT2D eigenvalue weighted by atomic mass is 10.1. The van der Waals surface area contributed by atoms with Gasteiger partial charge in [-0.3, -0.25) is 14.6 Å². The van der Waals surface area contributed by atoms with Crippen LogP contribution in [0, 0.1) is 0 Å². The smallest absolute Gasteiger partial charge is 0.277 e. The van der Waals surface area contributed by atoms with Crippen molar-refractivity contribution in [2.75, 3.05) is 57.8 Å². The maximum atomic E-state index is 12.7. The molecule has 0 unspecified atom stereocenters. The molecule has 2 aromatic carbocycles. The zero-order chi connectivity index (χ0) is 25.7. The molecule has 4 heterocycles. The van der Waals surface area contributed by atoms with E-state index in [9.17, 15) is 4.79 Å². The van der Waals surface area contributed by atoms with E-state index >= 15 is 0 Å². The van der Waals surface area contributed by atoms with Crippen LogP contribution in [0.15, 0.2) is 59.5 Å². The highest BCUT2D eigenvalue weighted by atomic mass is 35.5. The summed E-state index contributed by atoms with van der Waals surface area (Å²) in [6, 6.07) is 16.6. The minimum absolute atomic E-state index is 0. The number of nitrogens with one attached hydrogen (secondary N) is 3. The molecule has 6 rings (SSSR count). The Balaban J connectivity index is 0.00000308. The van der Waals surface area contributed by atoms with Gasteiger partial charge in [-0.1, -0.05) is 36.4 Å². The van der Waals surface area contributed by atoms with Crippen LogP contribution < -0.4 is 16.2 Å². The summed E-state index contributed by atoms with van der Waals surface area (Å²) in [5.41, 5.74) is 4.39. The molecule has 204 valence electrons. The summed E-state index contributed by atoms with van der Waals surface area (Å²) < 4.78 is 5.45. The number of rotatable bonds is 7. The predicted molar refractivity (Wildman–Crippen MR) is 155 cm³/mol. The highest BCUT2D eigenvalue weighted by molar-refractivity contribution is 5.91. The van der Waals surface area contributed by atoms with Crippen LogP contribution in [0.2, 0.25) is 0 Å². The van der Waals surface area contributed by atoms with Crippen LogP contribution in [0.4, 0.5) is 11.5 Å². The number of benzene rings is 2. The third-order valence-corrected chi connectivity index (χ3v) is 7.07. The van der Waals surface area contributed by atoms with Gasteiger partial charge in [0.1, 0.15) is 16.7 Å². The van der Waals surface area contributed by atoms with E-state index in [4.69, 9.17) is 9.72 Å². The molecule has 2 aliphatic heterocycles. The lowest BCUT2D eigenvalue weighted by molar-refractivity contribution is 0.0342. The predicted octanol–water partition coefficient (Wildman–Crippen LogP) is 2.78. The van der Waals surface area contributed by atoms with Gasteiger partial charge in [-0.2, -0.15) is 5.10 Å². The Morgan fingerprint density at radius 1 is 0.846 bits per heavy atom. The molecule has 39 heavy (non-hydrogen) atoms. The van der Waals surface area contributed by atoms with Gasteiger partial charge in [-0.25, -0.2) is 15.1 Å². The summed E-state index contributed by atoms with van der Waals surface area (Å²) in [6.07, 6.45) is 1.57. The number of piperazine rings is 1. The van der Waals surface area contributed by atoms with E-state index in [2.05, 4.69) is 59.9 Å². The van der Waals surface area contributed by atoms with Crippen molar-refractivity contribution in [1.82, 2.24) is 35.3 Å². The molecular weight excluding hydrogens is 516 g/mol. The van der Waals surface area contributed by atoms with Gasteiger partial charge in [0.05, 0.1) is 19.4 Å². The van der Waals surface area contributed by atoms with Crippen molar-refractivity contribution in [2.45, 2.75) is 13.1 Å². The van der Waals surface area contributed by atoms with E-state index in [1.807, 2.05) is 24.3 Å². The number of halogens is 1. The van der Waals surface area contributed by atoms with Crippen LogP contribution in [0.5, 0.6) is 0 Å². The molecule has 0 atom stereocenters. The third-order valence-electron chi connectivity index (χ3n) is 7.07. The minimum atomic E-state index is -0.326. The summed E-state index contributed by atoms with van der Waals surface area (Å²) >= 11 is 0. The van der Waals surface area contributed by atoms with Crippen LogP contribution in [0.1, 0.15) is 11.1 Å². The molecule has 3 N–H and O–H groups in total. The summed E-state index contributed by atoms with van der Waals surface area (Å²) in [4.78, 5) is 27.0. The number of aromatic nitrogens is 4. The lowest BCUT2D eigenvalue weighted by Crippen LogP contribution is -2.42. The highest BCUT2D eigenvalue weighted by Gasteiger charge is 2.15. The van der Waals surface area contributed by atoms with Crippen molar-refractivity contribution in [3.63, 3.8) is 0 Å². The zero-order valence-corrected chi connectivity index (χ0v) is 22.5. The average Bonchev–Trinajstić information content (AvgIpc) is 2.95. The SMILES string of the molecule is Cl.O=c1[nH]ncc2nc(-c3ccc(CN4CCOCC4)cc3)nc(Nc3ccc(CN4CCNCC4)cc3)c12. The molecule has 0 aliphatic carbocycles. The number of anilines is 2. The number of morpholine rings is 1. The van der Waals surface area contributed by atoms with Gasteiger partial charge in [0.15, 0.2) is 5.82 Å². The molecule has 10 nitrogen and oxygen atoms in total. The first-order valence-electron chi connectivity index (χ1n) is 13.2. The molecule has 0 saturated carbocycles. The summed E-state index contributed by atoms with van der Waals surface area (Å²) in [6.45, 7) is 9.45. The molecule has 4 aromatic rings. The van der Waals surface area contributed by atoms with Gasteiger partial charge in [0, 0.05) is 63.6 Å². The molecule has 2 fully saturated rings. The van der Waals surface area contributed by atoms with Gasteiger partial charge < -0.3 is 15.4 Å². The van der Waals surface area contributed by atoms with Gasteiger partial charge in [0.2, 0.25) is 0 Å². The molecule has 2 saturated heterocycles. The van der Waals surface area contributed by atoms with Crippen LogP contribution in [0.25, 0.3) is 22.3 Å². The lowest BCUT2D eigenvalue weighted by Gasteiger charge is -2.27. The van der Waals surface area contributed by atoms with Crippen molar-refractivity contribution < 1.29 is 4.74 Å². The fourth-order valence-electron chi connectivity index (χ4n) is 4.96. The first kappa shape index (κ1) is 27.2. The first-order chi connectivity index (χ1) is 18.7. The minimum Gasteiger partial charge on any atom is -0.379 e. The average molecular weight is 549 g/mol. The van der Waals surface area contributed by atoms with Crippen LogP contribution in [-0.4, -0.2) is 82.4 Å². The summed E-state index contributed by atoms with van der Waals surface area (Å²) in [5, 5.41) is 13.6. The van der Waals surface area contributed by atoms with Gasteiger partial charge in [0.25, 0.3) is 5.56 Å². The normalized spacial score (nSPS) is 16.6. The van der Waals surface area contributed by atoms with Crippen molar-refractivity contribution >= 4 is 34.8 Å². The Labute approximate surface area is 233 Å². The van der Waals surface area contributed by atoms with Gasteiger partial charge in [-0.15, -0.1) is 12.4 Å². The van der Waals surface area contributed by atoms with Crippen molar-refractivity contribution in [3.8, 4) is 11.4 Å². The molecule has 0 bridgehead atoms. The molecule has 2 aromatic heterocycles. The monoisotopic (exact) mass is 548 g/mol. The molecule has 0 radical (unpaired) electrons. The number of hydrogen-bond acceptors (Lipinski definition) is 9. The number of hydrogen-bond donors (Lipinski definition) is 3. The number of ether oxygens (including phenoxy) is 1. The zero-order valence-electron chi connectivity index (χ0n) is 21.7. The Bertz CT molecular complexity index is 1430. The van der Waals surface area contributed by atoms with E-state index in [0.29, 0.717) is 22.5 Å². The molecule has 11 heteroatoms. The number of aromatic amines is 1. The van der Waals surface area contributed by atoms with Gasteiger partial charge >= 0.3 is 0 Å². The maximum absolute atomic E-state index is 12.7. The van der Waals surface area contributed by atoms with E-state index in [-0.39, 0.29) is 18.0 Å². The van der Waals surface area contributed by atoms with Crippen molar-refractivity contribution in [1.29, 1.82) is 0 Å². The van der Waals surface area contributed by atoms with Crippen LogP contribution >= 0.6 is 12.4 Å². The van der Waals surface area contributed by atoms with E-state index in [0.717, 1.165) is 76.8 Å². The second-order valence-corrected chi connectivity index (χ2v) is 9.79. The summed E-state index contributed by atoms with van der Waals surface area (Å²) in [5.74, 6) is 1.00. The van der Waals surface area contributed by atoms with Crippen LogP contribution in [-0.2, 0) is 17.8 Å². The summed E-state index contributed by atoms with van der Waals surface area (Å²) in [7, 11) is 0. The Morgan fingerprint density at radius 3 is 2.18 bits per heavy atom. The Morgan fingerprint density at radius 2 is 1.49 bits per heavy atom. The van der Waals surface area contributed by atoms with Crippen molar-refractivity contribution in [2.24, 2.45) is 0 Å². The van der Waals surface area contributed by atoms with Crippen molar-refractivity contribution in [3.05, 3.63) is 76.2 Å². The highest BCUT2D eigenvalue weighted by Crippen LogP contribution is 2.26. The first-order valence-corrected chi connectivity index (χ1v) is 13.2. The quantitative estimate of drug-likeness (QED) is 0.321. The second kappa shape index (κ2) is 12.6. The van der Waals surface area contributed by atoms with E-state index in [1.54, 1.807) is 6.20 Å². The number of nitrogens with zero attached hydrogens (tertiary/aromatic N) is 5. The maximum Gasteiger partial charge on any atom is 0.277 e. The molecule has 0 amide bonds. The van der Waals surface area contributed by atoms with E-state index < -0.39 is 0 Å². The Hall–Kier alpha value is -3.41. The number of H-pyrrole nitrogens is 1.